The van der Waals surface area contributed by atoms with E-state index in [4.69, 9.17) is 4.74 Å². The summed E-state index contributed by atoms with van der Waals surface area (Å²) in [5, 5.41) is 0. The number of hydrogen-bond acceptors (Lipinski definition) is 1. The summed E-state index contributed by atoms with van der Waals surface area (Å²) in [6.07, 6.45) is 4.92. The molecule has 1 aliphatic heterocycles. The molecule has 0 aromatic carbocycles. The first kappa shape index (κ1) is 12.0. The van der Waals surface area contributed by atoms with Gasteiger partial charge in [0.25, 0.3) is 0 Å². The van der Waals surface area contributed by atoms with E-state index < -0.39 is 0 Å². The summed E-state index contributed by atoms with van der Waals surface area (Å²) < 4.78 is 5.84. The molecule has 0 amide bonds. The van der Waals surface area contributed by atoms with Crippen LogP contribution in [0.25, 0.3) is 0 Å². The van der Waals surface area contributed by atoms with Gasteiger partial charge in [-0.15, -0.1) is 0 Å². The van der Waals surface area contributed by atoms with Crippen LogP contribution in [0, 0.1) is 5.92 Å². The van der Waals surface area contributed by atoms with Crippen molar-refractivity contribution in [2.75, 3.05) is 6.61 Å². The van der Waals surface area contributed by atoms with Gasteiger partial charge >= 0.3 is 0 Å². The highest BCUT2D eigenvalue weighted by atomic mass is 16.5. The second-order valence-corrected chi connectivity index (χ2v) is 3.51. The van der Waals surface area contributed by atoms with Gasteiger partial charge in [0.05, 0.1) is 5.60 Å². The van der Waals surface area contributed by atoms with E-state index in [0.29, 0.717) is 0 Å². The molecule has 1 aliphatic rings. The first-order chi connectivity index (χ1) is 5.29. The summed E-state index contributed by atoms with van der Waals surface area (Å²) in [6, 6.07) is 0. The molecule has 1 unspecified atom stereocenters. The summed E-state index contributed by atoms with van der Waals surface area (Å²) in [4.78, 5) is 0. The van der Waals surface area contributed by atoms with Crippen LogP contribution in [0.15, 0.2) is 0 Å². The number of hydrogen-bond donors (Lipinski definition) is 0. The molecule has 12 heavy (non-hydrogen) atoms. The summed E-state index contributed by atoms with van der Waals surface area (Å²) >= 11 is 0. The standard InChI is InChI=1S/C10H20O.B/c1-4-9-7-8-11-10(9,5-2)6-3;/h9H,4-8H2,1-3H3;. The quantitative estimate of drug-likeness (QED) is 0.587. The molecule has 0 saturated carbocycles. The van der Waals surface area contributed by atoms with E-state index in [2.05, 4.69) is 20.8 Å². The third kappa shape index (κ3) is 1.85. The Balaban J connectivity index is 0.00000121. The summed E-state index contributed by atoms with van der Waals surface area (Å²) in [7, 11) is 0. The lowest BCUT2D eigenvalue weighted by Crippen LogP contribution is -2.33. The van der Waals surface area contributed by atoms with Gasteiger partial charge in [0.15, 0.2) is 0 Å². The van der Waals surface area contributed by atoms with E-state index in [1.54, 1.807) is 0 Å². The molecule has 0 spiro atoms. The van der Waals surface area contributed by atoms with E-state index in [1.165, 1.54) is 25.7 Å². The Labute approximate surface area is 78.5 Å². The van der Waals surface area contributed by atoms with Crippen molar-refractivity contribution in [3.8, 4) is 0 Å². The zero-order valence-electron chi connectivity index (χ0n) is 8.60. The lowest BCUT2D eigenvalue weighted by Gasteiger charge is -2.31. The largest absolute Gasteiger partial charge is 0.375 e. The summed E-state index contributed by atoms with van der Waals surface area (Å²) in [5.41, 5.74) is 0.245. The van der Waals surface area contributed by atoms with Gasteiger partial charge < -0.3 is 4.74 Å². The van der Waals surface area contributed by atoms with Crippen molar-refractivity contribution in [1.29, 1.82) is 0 Å². The number of ether oxygens (including phenoxy) is 1. The summed E-state index contributed by atoms with van der Waals surface area (Å²) in [6.45, 7) is 7.76. The van der Waals surface area contributed by atoms with Crippen LogP contribution in [0.2, 0.25) is 0 Å². The van der Waals surface area contributed by atoms with Crippen LogP contribution in [0.3, 0.4) is 0 Å². The van der Waals surface area contributed by atoms with Crippen molar-refractivity contribution in [1.82, 2.24) is 0 Å². The SMILES string of the molecule is CCC1CCOC1(CC)CC.[B]. The van der Waals surface area contributed by atoms with E-state index in [9.17, 15) is 0 Å². The molecule has 0 aromatic rings. The van der Waals surface area contributed by atoms with Crippen LogP contribution in [-0.2, 0) is 4.74 Å². The van der Waals surface area contributed by atoms with Crippen molar-refractivity contribution in [2.24, 2.45) is 5.92 Å². The smallest absolute Gasteiger partial charge is 0.0706 e. The van der Waals surface area contributed by atoms with Crippen LogP contribution < -0.4 is 0 Å². The fourth-order valence-corrected chi connectivity index (χ4v) is 2.39. The van der Waals surface area contributed by atoms with Crippen molar-refractivity contribution < 1.29 is 4.74 Å². The predicted octanol–water partition coefficient (Wildman–Crippen LogP) is 2.61. The highest BCUT2D eigenvalue weighted by Gasteiger charge is 2.39. The second-order valence-electron chi connectivity index (χ2n) is 3.51. The molecule has 0 N–H and O–H groups in total. The average Bonchev–Trinajstić information content (AvgIpc) is 2.47. The molecule has 1 saturated heterocycles. The van der Waals surface area contributed by atoms with Crippen LogP contribution in [0.5, 0.6) is 0 Å². The van der Waals surface area contributed by atoms with Crippen molar-refractivity contribution >= 4 is 8.41 Å². The number of rotatable bonds is 3. The van der Waals surface area contributed by atoms with Gasteiger partial charge in [0.1, 0.15) is 0 Å². The fourth-order valence-electron chi connectivity index (χ4n) is 2.39. The zero-order valence-corrected chi connectivity index (χ0v) is 8.60. The molecular formula is C10H20BO. The van der Waals surface area contributed by atoms with Gasteiger partial charge in [0.2, 0.25) is 0 Å². The third-order valence-corrected chi connectivity index (χ3v) is 3.29. The van der Waals surface area contributed by atoms with Gasteiger partial charge in [-0.2, -0.15) is 0 Å². The van der Waals surface area contributed by atoms with Crippen LogP contribution >= 0.6 is 0 Å². The first-order valence-electron chi connectivity index (χ1n) is 4.93. The highest BCUT2D eigenvalue weighted by molar-refractivity contribution is 5.75. The molecule has 1 heterocycles. The maximum absolute atomic E-state index is 5.84. The molecule has 1 nitrogen and oxygen atoms in total. The zero-order chi connectivity index (χ0) is 8.32. The maximum atomic E-state index is 5.84. The normalized spacial score (nSPS) is 26.8. The van der Waals surface area contributed by atoms with Crippen LogP contribution in [0.1, 0.15) is 46.5 Å². The van der Waals surface area contributed by atoms with Gasteiger partial charge in [0, 0.05) is 15.0 Å². The minimum atomic E-state index is 0. The Morgan fingerprint density at radius 1 is 1.25 bits per heavy atom. The molecule has 0 aromatic heterocycles. The van der Waals surface area contributed by atoms with E-state index >= 15 is 0 Å². The molecule has 0 bridgehead atoms. The third-order valence-electron chi connectivity index (χ3n) is 3.29. The van der Waals surface area contributed by atoms with Crippen LogP contribution in [0.4, 0.5) is 0 Å². The monoisotopic (exact) mass is 167 g/mol. The lowest BCUT2D eigenvalue weighted by atomic mass is 9.81. The Morgan fingerprint density at radius 2 is 1.83 bits per heavy atom. The predicted molar refractivity (Wildman–Crippen MR) is 53.4 cm³/mol. The van der Waals surface area contributed by atoms with E-state index in [0.717, 1.165) is 12.5 Å². The fraction of sp³-hybridized carbons (Fsp3) is 1.00. The van der Waals surface area contributed by atoms with Crippen molar-refractivity contribution in [3.63, 3.8) is 0 Å². The topological polar surface area (TPSA) is 9.23 Å². The Kier molecular flexibility index (Phi) is 4.92. The van der Waals surface area contributed by atoms with Crippen LogP contribution in [-0.4, -0.2) is 20.6 Å². The molecule has 0 aliphatic carbocycles. The minimum absolute atomic E-state index is 0. The molecule has 69 valence electrons. The maximum Gasteiger partial charge on any atom is 0.0706 e. The van der Waals surface area contributed by atoms with Gasteiger partial charge in [-0.25, -0.2) is 0 Å². The van der Waals surface area contributed by atoms with Gasteiger partial charge in [-0.1, -0.05) is 27.2 Å². The molecular weight excluding hydrogens is 147 g/mol. The average molecular weight is 167 g/mol. The van der Waals surface area contributed by atoms with Gasteiger partial charge in [-0.05, 0) is 25.2 Å². The van der Waals surface area contributed by atoms with E-state index in [1.807, 2.05) is 0 Å². The highest BCUT2D eigenvalue weighted by Crippen LogP contribution is 2.39. The lowest BCUT2D eigenvalue weighted by molar-refractivity contribution is -0.0287. The molecule has 3 radical (unpaired) electrons. The van der Waals surface area contributed by atoms with Crippen molar-refractivity contribution in [3.05, 3.63) is 0 Å². The first-order valence-corrected chi connectivity index (χ1v) is 4.93. The van der Waals surface area contributed by atoms with Crippen molar-refractivity contribution in [2.45, 2.75) is 52.1 Å². The summed E-state index contributed by atoms with van der Waals surface area (Å²) in [5.74, 6) is 0.817. The van der Waals surface area contributed by atoms with E-state index in [-0.39, 0.29) is 14.0 Å². The Bertz CT molecular complexity index is 121. The van der Waals surface area contributed by atoms with Gasteiger partial charge in [-0.3, -0.25) is 0 Å². The minimum Gasteiger partial charge on any atom is -0.375 e. The second kappa shape index (κ2) is 4.91. The molecule has 1 atom stereocenters. The molecule has 2 heteroatoms. The molecule has 1 fully saturated rings. The Morgan fingerprint density at radius 3 is 2.17 bits per heavy atom. The molecule has 1 rings (SSSR count). The Hall–Kier alpha value is 0.0249.